The molecule has 0 aliphatic carbocycles. The fraction of sp³-hybridized carbons (Fsp3) is 0.250. The van der Waals surface area contributed by atoms with Crippen LogP contribution in [0.4, 0.5) is 26.3 Å². The molecular formula is C20H16F6O4. The summed E-state index contributed by atoms with van der Waals surface area (Å²) in [6.07, 6.45) is -7.48. The van der Waals surface area contributed by atoms with Crippen LogP contribution in [0.1, 0.15) is 33.5 Å². The zero-order valence-electron chi connectivity index (χ0n) is 15.5. The summed E-state index contributed by atoms with van der Waals surface area (Å²) in [4.78, 5) is 11.9. The van der Waals surface area contributed by atoms with E-state index in [1.807, 2.05) is 0 Å². The second-order valence-corrected chi connectivity index (χ2v) is 6.06. The Kier molecular flexibility index (Phi) is 7.01. The number of alkyl halides is 6. The molecule has 0 saturated carbocycles. The quantitative estimate of drug-likeness (QED) is 0.360. The van der Waals surface area contributed by atoms with Crippen LogP contribution < -0.4 is 4.74 Å². The van der Waals surface area contributed by atoms with Gasteiger partial charge in [0.1, 0.15) is 17.1 Å². The van der Waals surface area contributed by atoms with E-state index in [1.165, 1.54) is 30.4 Å². The third-order valence-electron chi connectivity index (χ3n) is 3.86. The summed E-state index contributed by atoms with van der Waals surface area (Å²) in [5.74, 6) is -1.63. The number of rotatable bonds is 6. The summed E-state index contributed by atoms with van der Waals surface area (Å²) < 4.78 is 84.3. The Bertz CT molecular complexity index is 915. The molecule has 10 heteroatoms. The Labute approximate surface area is 167 Å². The third-order valence-corrected chi connectivity index (χ3v) is 3.86. The summed E-state index contributed by atoms with van der Waals surface area (Å²) in [5, 5.41) is 10.1. The number of hydrogen-bond acceptors (Lipinski definition) is 4. The molecule has 0 saturated heterocycles. The lowest BCUT2D eigenvalue weighted by Crippen LogP contribution is -2.13. The molecule has 2 aromatic rings. The van der Waals surface area contributed by atoms with Crippen LogP contribution in [0.25, 0.3) is 12.2 Å². The summed E-state index contributed by atoms with van der Waals surface area (Å²) >= 11 is 0. The molecule has 0 heterocycles. The van der Waals surface area contributed by atoms with Gasteiger partial charge in [-0.2, -0.15) is 26.3 Å². The highest BCUT2D eigenvalue weighted by atomic mass is 19.4. The van der Waals surface area contributed by atoms with Gasteiger partial charge in [0.2, 0.25) is 0 Å². The Morgan fingerprint density at radius 1 is 1.03 bits per heavy atom. The fourth-order valence-corrected chi connectivity index (χ4v) is 2.41. The zero-order chi connectivity index (χ0) is 22.5. The van der Waals surface area contributed by atoms with E-state index in [1.54, 1.807) is 0 Å². The Balaban J connectivity index is 2.33. The van der Waals surface area contributed by atoms with Gasteiger partial charge in [0, 0.05) is 6.07 Å². The molecule has 4 nitrogen and oxygen atoms in total. The third kappa shape index (κ3) is 6.43. The van der Waals surface area contributed by atoms with E-state index in [4.69, 9.17) is 4.74 Å². The van der Waals surface area contributed by atoms with Gasteiger partial charge in [-0.3, -0.25) is 0 Å². The molecule has 0 aromatic heterocycles. The van der Waals surface area contributed by atoms with Crippen LogP contribution in [0.3, 0.4) is 0 Å². The number of phenols is 1. The van der Waals surface area contributed by atoms with E-state index in [9.17, 15) is 36.2 Å². The van der Waals surface area contributed by atoms with E-state index in [0.717, 1.165) is 25.3 Å². The van der Waals surface area contributed by atoms with Crippen LogP contribution in [0, 0.1) is 0 Å². The predicted octanol–water partition coefficient (Wildman–Crippen LogP) is 5.70. The second-order valence-electron chi connectivity index (χ2n) is 6.06. The van der Waals surface area contributed by atoms with Crippen LogP contribution in [0.5, 0.6) is 11.5 Å². The number of phenolic OH excluding ortho intramolecular Hbond substituents is 1. The molecule has 0 atom stereocenters. The molecule has 0 fully saturated rings. The fourth-order valence-electron chi connectivity index (χ4n) is 2.41. The summed E-state index contributed by atoms with van der Waals surface area (Å²) in [6.45, 7) is -0.706. The van der Waals surface area contributed by atoms with E-state index >= 15 is 0 Å². The van der Waals surface area contributed by atoms with Crippen molar-refractivity contribution in [1.29, 1.82) is 0 Å². The van der Waals surface area contributed by atoms with Crippen molar-refractivity contribution in [2.45, 2.75) is 18.8 Å². The number of aromatic hydroxyl groups is 1. The van der Waals surface area contributed by atoms with Crippen LogP contribution in [0.2, 0.25) is 0 Å². The molecule has 2 aromatic carbocycles. The van der Waals surface area contributed by atoms with Crippen molar-refractivity contribution >= 4 is 18.1 Å². The Morgan fingerprint density at radius 3 is 2.20 bits per heavy atom. The maximum atomic E-state index is 12.6. The maximum Gasteiger partial charge on any atom is 0.416 e. The van der Waals surface area contributed by atoms with Crippen LogP contribution in [-0.2, 0) is 10.9 Å². The minimum atomic E-state index is -4.49. The van der Waals surface area contributed by atoms with Crippen molar-refractivity contribution in [2.24, 2.45) is 0 Å². The average Bonchev–Trinajstić information content (AvgIpc) is 2.64. The minimum absolute atomic E-state index is 0.0451. The topological polar surface area (TPSA) is 55.8 Å². The van der Waals surface area contributed by atoms with Gasteiger partial charge >= 0.3 is 18.3 Å². The molecule has 0 spiro atoms. The van der Waals surface area contributed by atoms with Crippen molar-refractivity contribution < 1.29 is 45.7 Å². The van der Waals surface area contributed by atoms with Gasteiger partial charge in [0.15, 0.2) is 0 Å². The highest BCUT2D eigenvalue weighted by Gasteiger charge is 2.30. The Hall–Kier alpha value is -3.17. The number of hydrogen-bond donors (Lipinski definition) is 1. The lowest BCUT2D eigenvalue weighted by atomic mass is 10.0. The molecule has 0 unspecified atom stereocenters. The van der Waals surface area contributed by atoms with Crippen molar-refractivity contribution in [2.75, 3.05) is 13.7 Å². The lowest BCUT2D eigenvalue weighted by molar-refractivity contribution is -0.139. The summed E-state index contributed by atoms with van der Waals surface area (Å²) in [7, 11) is 1.07. The smallest absolute Gasteiger partial charge is 0.416 e. The van der Waals surface area contributed by atoms with Gasteiger partial charge in [-0.1, -0.05) is 24.3 Å². The highest BCUT2D eigenvalue weighted by Crippen LogP contribution is 2.32. The number of carbonyl (C=O) groups is 1. The van der Waals surface area contributed by atoms with Crippen molar-refractivity contribution in [3.8, 4) is 11.5 Å². The standard InChI is InChI=1S/C20H16F6O4/c1-29-18(28)17-13(5-2-12-3-6-14(7-4-12)20(24,25)26)10-15(11-16(17)27)30-9-8-19(21,22)23/h2-7,10-11,27H,8-9H2,1H3/b5-2+. The first-order chi connectivity index (χ1) is 13.9. The second kappa shape index (κ2) is 9.10. The molecule has 0 amide bonds. The van der Waals surface area contributed by atoms with Gasteiger partial charge in [0.05, 0.1) is 25.7 Å². The van der Waals surface area contributed by atoms with Gasteiger partial charge in [-0.15, -0.1) is 0 Å². The van der Waals surface area contributed by atoms with E-state index in [2.05, 4.69) is 4.74 Å². The largest absolute Gasteiger partial charge is 0.507 e. The van der Waals surface area contributed by atoms with Crippen molar-refractivity contribution in [3.05, 3.63) is 58.7 Å². The van der Waals surface area contributed by atoms with Crippen LogP contribution >= 0.6 is 0 Å². The summed E-state index contributed by atoms with van der Waals surface area (Å²) in [5.41, 5.74) is -0.720. The summed E-state index contributed by atoms with van der Waals surface area (Å²) in [6, 6.07) is 6.31. The van der Waals surface area contributed by atoms with Crippen LogP contribution in [0.15, 0.2) is 36.4 Å². The molecule has 0 aliphatic heterocycles. The highest BCUT2D eigenvalue weighted by molar-refractivity contribution is 5.98. The first-order valence-electron chi connectivity index (χ1n) is 8.41. The van der Waals surface area contributed by atoms with E-state index in [-0.39, 0.29) is 16.9 Å². The van der Waals surface area contributed by atoms with Crippen molar-refractivity contribution in [1.82, 2.24) is 0 Å². The molecule has 0 aliphatic rings. The molecule has 0 radical (unpaired) electrons. The lowest BCUT2D eigenvalue weighted by Gasteiger charge is -2.12. The van der Waals surface area contributed by atoms with E-state index < -0.39 is 42.7 Å². The van der Waals surface area contributed by atoms with Crippen molar-refractivity contribution in [3.63, 3.8) is 0 Å². The van der Waals surface area contributed by atoms with Gasteiger partial charge in [-0.05, 0) is 29.3 Å². The predicted molar refractivity (Wildman–Crippen MR) is 96.0 cm³/mol. The van der Waals surface area contributed by atoms with Gasteiger partial charge < -0.3 is 14.6 Å². The van der Waals surface area contributed by atoms with Gasteiger partial charge in [-0.25, -0.2) is 4.79 Å². The SMILES string of the molecule is COC(=O)c1c(O)cc(OCCC(F)(F)F)cc1/C=C/c1ccc(C(F)(F)F)cc1. The minimum Gasteiger partial charge on any atom is -0.507 e. The average molecular weight is 434 g/mol. The molecule has 162 valence electrons. The molecule has 2 rings (SSSR count). The Morgan fingerprint density at radius 2 is 1.67 bits per heavy atom. The number of esters is 1. The molecular weight excluding hydrogens is 418 g/mol. The number of halogens is 6. The molecule has 30 heavy (non-hydrogen) atoms. The first kappa shape index (κ1) is 23.1. The number of ether oxygens (including phenoxy) is 2. The number of benzene rings is 2. The molecule has 1 N–H and O–H groups in total. The number of carbonyl (C=O) groups excluding carboxylic acids is 1. The monoisotopic (exact) mass is 434 g/mol. The first-order valence-corrected chi connectivity index (χ1v) is 8.41. The van der Waals surface area contributed by atoms with Gasteiger partial charge in [0.25, 0.3) is 0 Å². The maximum absolute atomic E-state index is 12.6. The molecule has 0 bridgehead atoms. The zero-order valence-corrected chi connectivity index (χ0v) is 15.5. The normalized spacial score (nSPS) is 12.2. The van der Waals surface area contributed by atoms with E-state index in [0.29, 0.717) is 5.56 Å². The number of methoxy groups -OCH3 is 1. The van der Waals surface area contributed by atoms with Crippen LogP contribution in [-0.4, -0.2) is 31.0 Å².